The molecule has 7 nitrogen and oxygen atoms in total. The van der Waals surface area contributed by atoms with Crippen molar-refractivity contribution in [2.24, 2.45) is 5.10 Å². The van der Waals surface area contributed by atoms with Gasteiger partial charge in [0.25, 0.3) is 5.91 Å². The average molecular weight is 494 g/mol. The Morgan fingerprint density at radius 1 is 1.03 bits per heavy atom. The van der Waals surface area contributed by atoms with Gasteiger partial charge in [-0.15, -0.1) is 0 Å². The maximum absolute atomic E-state index is 12.6. The van der Waals surface area contributed by atoms with Gasteiger partial charge in [-0.05, 0) is 47.1 Å². The van der Waals surface area contributed by atoms with E-state index in [0.717, 1.165) is 16.4 Å². The van der Waals surface area contributed by atoms with Crippen LogP contribution in [-0.4, -0.2) is 24.6 Å². The van der Waals surface area contributed by atoms with Crippen molar-refractivity contribution in [3.63, 3.8) is 0 Å². The quantitative estimate of drug-likeness (QED) is 0.274. The fraction of sp³-hybridized carbons (Fsp3) is 0.125. The van der Waals surface area contributed by atoms with Crippen LogP contribution in [0.4, 0.5) is 5.69 Å². The highest BCUT2D eigenvalue weighted by Crippen LogP contribution is 2.36. The van der Waals surface area contributed by atoms with E-state index in [9.17, 15) is 9.59 Å². The van der Waals surface area contributed by atoms with Crippen molar-refractivity contribution in [3.05, 3.63) is 70.7 Å². The number of carbonyl (C=O) groups is 2. The summed E-state index contributed by atoms with van der Waals surface area (Å²) in [5.41, 5.74) is 5.28. The molecule has 0 fully saturated rings. The number of nitrogens with zero attached hydrogens (tertiary/aromatic N) is 1. The molecule has 0 aliphatic rings. The number of fused-ring (bicyclic) bond motifs is 3. The van der Waals surface area contributed by atoms with E-state index >= 15 is 0 Å². The van der Waals surface area contributed by atoms with Gasteiger partial charge in [0, 0.05) is 27.0 Å². The van der Waals surface area contributed by atoms with Gasteiger partial charge in [0.1, 0.15) is 16.9 Å². The topological polar surface area (TPSA) is 92.9 Å². The molecule has 8 heteroatoms. The number of amides is 2. The molecular formula is C24H20BrN3O4. The summed E-state index contributed by atoms with van der Waals surface area (Å²) in [6.45, 7) is 1.67. The number of halogens is 1. The molecule has 0 saturated carbocycles. The van der Waals surface area contributed by atoms with Crippen LogP contribution in [0.3, 0.4) is 0 Å². The summed E-state index contributed by atoms with van der Waals surface area (Å²) in [6, 6.07) is 18.3. The normalized spacial score (nSPS) is 11.5. The lowest BCUT2D eigenvalue weighted by Gasteiger charge is -2.10. The van der Waals surface area contributed by atoms with Gasteiger partial charge in [0.2, 0.25) is 5.91 Å². The number of carbonyl (C=O) groups excluding carboxylic acids is 2. The number of ether oxygens (including phenoxy) is 1. The maximum atomic E-state index is 12.6. The molecule has 0 aliphatic carbocycles. The van der Waals surface area contributed by atoms with E-state index in [1.165, 1.54) is 0 Å². The molecule has 0 unspecified atom stereocenters. The minimum atomic E-state index is -0.366. The van der Waals surface area contributed by atoms with Crippen LogP contribution >= 0.6 is 15.9 Å². The minimum Gasteiger partial charge on any atom is -0.495 e. The fourth-order valence-corrected chi connectivity index (χ4v) is 3.80. The van der Waals surface area contributed by atoms with Gasteiger partial charge in [0.05, 0.1) is 24.8 Å². The Labute approximate surface area is 192 Å². The third kappa shape index (κ3) is 4.50. The van der Waals surface area contributed by atoms with Gasteiger partial charge in [0.15, 0.2) is 0 Å². The second kappa shape index (κ2) is 9.23. The van der Waals surface area contributed by atoms with E-state index in [4.69, 9.17) is 9.15 Å². The van der Waals surface area contributed by atoms with E-state index < -0.39 is 0 Å². The van der Waals surface area contributed by atoms with Crippen molar-refractivity contribution >= 4 is 61.1 Å². The Bertz CT molecular complexity index is 1360. The molecule has 32 heavy (non-hydrogen) atoms. The lowest BCUT2D eigenvalue weighted by molar-refractivity contribution is -0.115. The van der Waals surface area contributed by atoms with Crippen LogP contribution in [0.25, 0.3) is 21.9 Å². The smallest absolute Gasteiger partial charge is 0.272 e. The molecule has 1 aromatic heterocycles. The van der Waals surface area contributed by atoms with Crippen molar-refractivity contribution in [3.8, 4) is 5.75 Å². The first kappa shape index (κ1) is 21.6. The number of hydrogen-bond donors (Lipinski definition) is 2. The number of para-hydroxylation sites is 1. The van der Waals surface area contributed by atoms with Gasteiger partial charge in [-0.25, -0.2) is 5.43 Å². The van der Waals surface area contributed by atoms with Crippen molar-refractivity contribution in [1.29, 1.82) is 0 Å². The lowest BCUT2D eigenvalue weighted by atomic mass is 10.1. The van der Waals surface area contributed by atoms with Crippen molar-refractivity contribution in [2.45, 2.75) is 13.3 Å². The summed E-state index contributed by atoms with van der Waals surface area (Å²) in [5.74, 6) is -0.140. The van der Waals surface area contributed by atoms with Gasteiger partial charge in [-0.2, -0.15) is 5.10 Å². The highest BCUT2D eigenvalue weighted by Gasteiger charge is 2.15. The first-order valence-corrected chi connectivity index (χ1v) is 10.6. The van der Waals surface area contributed by atoms with Crippen LogP contribution in [-0.2, 0) is 4.79 Å². The predicted octanol–water partition coefficient (Wildman–Crippen LogP) is 5.49. The summed E-state index contributed by atoms with van der Waals surface area (Å²) in [4.78, 5) is 24.8. The molecule has 0 radical (unpaired) electrons. The third-order valence-corrected chi connectivity index (χ3v) is 5.55. The van der Waals surface area contributed by atoms with Crippen LogP contribution < -0.4 is 15.5 Å². The van der Waals surface area contributed by atoms with E-state index in [0.29, 0.717) is 32.8 Å². The Morgan fingerprint density at radius 2 is 1.78 bits per heavy atom. The number of furan rings is 1. The lowest BCUT2D eigenvalue weighted by Crippen LogP contribution is -2.22. The molecular weight excluding hydrogens is 474 g/mol. The monoisotopic (exact) mass is 493 g/mol. The summed E-state index contributed by atoms with van der Waals surface area (Å²) >= 11 is 3.33. The number of hydrogen-bond acceptors (Lipinski definition) is 5. The first-order valence-electron chi connectivity index (χ1n) is 9.83. The van der Waals surface area contributed by atoms with Gasteiger partial charge < -0.3 is 14.5 Å². The molecule has 0 spiro atoms. The third-order valence-electron chi connectivity index (χ3n) is 4.86. The molecule has 1 heterocycles. The number of nitrogens with one attached hydrogen (secondary N) is 2. The van der Waals surface area contributed by atoms with Crippen molar-refractivity contribution in [2.75, 3.05) is 12.4 Å². The standard InChI is InChI=1S/C24H20BrN3O4/c1-14(27-28-24(30)16-8-3-5-9-18(16)25)11-23(29)26-19-13-21-17(12-22(19)31-2)15-7-4-6-10-20(15)32-21/h3-10,12-13H,11H2,1-2H3,(H,26,29)(H,28,30)/b27-14-. The molecule has 2 N–H and O–H groups in total. The summed E-state index contributed by atoms with van der Waals surface area (Å²) in [5, 5.41) is 8.74. The predicted molar refractivity (Wildman–Crippen MR) is 128 cm³/mol. The van der Waals surface area contributed by atoms with Crippen molar-refractivity contribution in [1.82, 2.24) is 5.43 Å². The molecule has 162 valence electrons. The highest BCUT2D eigenvalue weighted by atomic mass is 79.9. The van der Waals surface area contributed by atoms with E-state index in [2.05, 4.69) is 31.8 Å². The Morgan fingerprint density at radius 3 is 2.56 bits per heavy atom. The minimum absolute atomic E-state index is 0.00242. The number of benzene rings is 3. The van der Waals surface area contributed by atoms with E-state index in [1.807, 2.05) is 36.4 Å². The number of rotatable bonds is 6. The van der Waals surface area contributed by atoms with Crippen LogP contribution in [0.1, 0.15) is 23.7 Å². The summed E-state index contributed by atoms with van der Waals surface area (Å²) in [7, 11) is 1.54. The molecule has 0 atom stereocenters. The summed E-state index contributed by atoms with van der Waals surface area (Å²) in [6.07, 6.45) is -0.00242. The SMILES string of the molecule is COc1cc2c(cc1NC(=O)C/C(C)=N\NC(=O)c1ccccc1Br)oc1ccccc12. The Kier molecular flexibility index (Phi) is 6.23. The first-order chi connectivity index (χ1) is 15.5. The largest absolute Gasteiger partial charge is 0.495 e. The van der Waals surface area contributed by atoms with Crippen LogP contribution in [0, 0.1) is 0 Å². The zero-order chi connectivity index (χ0) is 22.7. The van der Waals surface area contributed by atoms with Gasteiger partial charge in [-0.3, -0.25) is 9.59 Å². The molecule has 2 amide bonds. The zero-order valence-electron chi connectivity index (χ0n) is 17.4. The van der Waals surface area contributed by atoms with Gasteiger partial charge in [-0.1, -0.05) is 30.3 Å². The second-order valence-electron chi connectivity index (χ2n) is 7.14. The summed E-state index contributed by atoms with van der Waals surface area (Å²) < 4.78 is 12.0. The van der Waals surface area contributed by atoms with Crippen LogP contribution in [0.5, 0.6) is 5.75 Å². The van der Waals surface area contributed by atoms with Crippen LogP contribution in [0.15, 0.2) is 74.7 Å². The maximum Gasteiger partial charge on any atom is 0.272 e. The molecule has 0 bridgehead atoms. The van der Waals surface area contributed by atoms with Gasteiger partial charge >= 0.3 is 0 Å². The molecule has 4 aromatic rings. The van der Waals surface area contributed by atoms with E-state index in [-0.39, 0.29) is 18.2 Å². The highest BCUT2D eigenvalue weighted by molar-refractivity contribution is 9.10. The molecule has 0 aliphatic heterocycles. The Hall–Kier alpha value is -3.65. The Balaban J connectivity index is 1.47. The number of anilines is 1. The van der Waals surface area contributed by atoms with Crippen LogP contribution in [0.2, 0.25) is 0 Å². The molecule has 4 rings (SSSR count). The average Bonchev–Trinajstić information content (AvgIpc) is 3.14. The van der Waals surface area contributed by atoms with E-state index in [1.54, 1.807) is 38.3 Å². The molecule has 3 aromatic carbocycles. The fourth-order valence-electron chi connectivity index (χ4n) is 3.34. The zero-order valence-corrected chi connectivity index (χ0v) is 19.0. The number of methoxy groups -OCH3 is 1. The number of hydrazone groups is 1. The second-order valence-corrected chi connectivity index (χ2v) is 7.99. The molecule has 0 saturated heterocycles. The van der Waals surface area contributed by atoms with Crippen molar-refractivity contribution < 1.29 is 18.7 Å².